The van der Waals surface area contributed by atoms with E-state index in [1.165, 1.54) is 88.0 Å². The zero-order valence-corrected chi connectivity index (χ0v) is 30.7. The summed E-state index contributed by atoms with van der Waals surface area (Å²) in [6.45, 7) is 0. The number of nitrogens with zero attached hydrogens (tertiary/aromatic N) is 1. The summed E-state index contributed by atoms with van der Waals surface area (Å²) in [6.07, 6.45) is 0. The maximum absolute atomic E-state index is 2.55. The number of hydrogen-bond donors (Lipinski definition) is 0. The van der Waals surface area contributed by atoms with E-state index in [1.54, 1.807) is 0 Å². The van der Waals surface area contributed by atoms with Gasteiger partial charge in [-0.3, -0.25) is 0 Å². The molecular formula is C55H35N. The Balaban J connectivity index is 1.14. The third-order valence-corrected chi connectivity index (χ3v) is 12.4. The van der Waals surface area contributed by atoms with Crippen molar-refractivity contribution in [1.82, 2.24) is 0 Å². The van der Waals surface area contributed by atoms with E-state index in [0.717, 1.165) is 17.1 Å². The molecule has 12 rings (SSSR count). The van der Waals surface area contributed by atoms with Crippen LogP contribution in [-0.2, 0) is 5.41 Å². The Morgan fingerprint density at radius 3 is 1.32 bits per heavy atom. The minimum Gasteiger partial charge on any atom is -0.310 e. The molecule has 0 amide bonds. The number of fused-ring (bicyclic) bond motifs is 16. The van der Waals surface area contributed by atoms with Gasteiger partial charge in [0.05, 0.1) is 5.41 Å². The summed E-state index contributed by atoms with van der Waals surface area (Å²) in [5.74, 6) is 0. The highest BCUT2D eigenvalue weighted by Gasteiger charge is 2.52. The van der Waals surface area contributed by atoms with Gasteiger partial charge in [0.15, 0.2) is 0 Å². The topological polar surface area (TPSA) is 3.24 Å². The van der Waals surface area contributed by atoms with Crippen molar-refractivity contribution < 1.29 is 0 Å². The molecule has 0 saturated heterocycles. The first-order chi connectivity index (χ1) is 27.8. The van der Waals surface area contributed by atoms with Crippen LogP contribution in [0, 0.1) is 0 Å². The maximum atomic E-state index is 2.55. The maximum Gasteiger partial charge on any atom is 0.0726 e. The van der Waals surface area contributed by atoms with Crippen LogP contribution in [0.4, 0.5) is 17.1 Å². The van der Waals surface area contributed by atoms with Crippen LogP contribution in [0.15, 0.2) is 212 Å². The molecule has 1 heteroatoms. The fraction of sp³-hybridized carbons (Fsp3) is 0.0182. The van der Waals surface area contributed by atoms with Crippen LogP contribution < -0.4 is 4.90 Å². The van der Waals surface area contributed by atoms with Gasteiger partial charge in [-0.1, -0.05) is 164 Å². The molecule has 0 aromatic heterocycles. The first-order valence-corrected chi connectivity index (χ1v) is 19.5. The standard InChI is InChI=1S/C55H35N/c1-3-15-36(16-4-1)37-27-29-39(30-28-37)56(38-17-5-2-6-18-38)40-31-32-47-45-23-11-13-25-51(45)55(53(47)33-40)52-26-14-12-24-46(52)50-34-48-43-21-9-7-19-41(43)42-20-8-10-22-44(42)49(48)35-54(50)55/h1-35H. The number of hydrogen-bond acceptors (Lipinski definition) is 1. The minimum atomic E-state index is -0.492. The molecule has 0 saturated carbocycles. The molecule has 1 unspecified atom stereocenters. The molecule has 1 atom stereocenters. The fourth-order valence-corrected chi connectivity index (χ4v) is 10.1. The molecule has 10 aromatic rings. The third kappa shape index (κ3) is 4.26. The highest BCUT2D eigenvalue weighted by molar-refractivity contribution is 6.26. The van der Waals surface area contributed by atoms with E-state index in [2.05, 4.69) is 217 Å². The van der Waals surface area contributed by atoms with Crippen molar-refractivity contribution in [3.63, 3.8) is 0 Å². The van der Waals surface area contributed by atoms with Gasteiger partial charge < -0.3 is 4.90 Å². The van der Waals surface area contributed by atoms with E-state index >= 15 is 0 Å². The summed E-state index contributed by atoms with van der Waals surface area (Å²) >= 11 is 0. The van der Waals surface area contributed by atoms with Crippen molar-refractivity contribution in [3.05, 3.63) is 235 Å². The molecule has 0 aliphatic heterocycles. The van der Waals surface area contributed by atoms with Gasteiger partial charge in [-0.05, 0) is 136 Å². The molecule has 0 radical (unpaired) electrons. The molecule has 56 heavy (non-hydrogen) atoms. The predicted octanol–water partition coefficient (Wildman–Crippen LogP) is 14.6. The van der Waals surface area contributed by atoms with E-state index in [0.29, 0.717) is 0 Å². The van der Waals surface area contributed by atoms with Crippen LogP contribution >= 0.6 is 0 Å². The fourth-order valence-electron chi connectivity index (χ4n) is 10.1. The largest absolute Gasteiger partial charge is 0.310 e. The Bertz CT molecular complexity index is 3180. The van der Waals surface area contributed by atoms with Crippen molar-refractivity contribution in [2.24, 2.45) is 0 Å². The van der Waals surface area contributed by atoms with Crippen molar-refractivity contribution >= 4 is 49.4 Å². The van der Waals surface area contributed by atoms with Crippen LogP contribution in [0.5, 0.6) is 0 Å². The van der Waals surface area contributed by atoms with Gasteiger partial charge in [0.25, 0.3) is 0 Å². The zero-order valence-electron chi connectivity index (χ0n) is 30.7. The average Bonchev–Trinajstić information content (AvgIpc) is 3.73. The van der Waals surface area contributed by atoms with Gasteiger partial charge in [0, 0.05) is 17.1 Å². The predicted molar refractivity (Wildman–Crippen MR) is 235 cm³/mol. The van der Waals surface area contributed by atoms with E-state index < -0.39 is 5.41 Å². The van der Waals surface area contributed by atoms with Gasteiger partial charge >= 0.3 is 0 Å². The van der Waals surface area contributed by atoms with Gasteiger partial charge in [-0.25, -0.2) is 0 Å². The smallest absolute Gasteiger partial charge is 0.0726 e. The lowest BCUT2D eigenvalue weighted by molar-refractivity contribution is 0.795. The second-order valence-corrected chi connectivity index (χ2v) is 15.2. The molecule has 0 bridgehead atoms. The summed E-state index contributed by atoms with van der Waals surface area (Å²) in [5.41, 5.74) is 15.9. The normalized spacial score (nSPS) is 14.9. The van der Waals surface area contributed by atoms with Crippen molar-refractivity contribution in [2.45, 2.75) is 5.41 Å². The lowest BCUT2D eigenvalue weighted by atomic mass is 9.70. The molecule has 2 aliphatic carbocycles. The van der Waals surface area contributed by atoms with Crippen LogP contribution in [0.3, 0.4) is 0 Å². The molecule has 260 valence electrons. The number of anilines is 3. The molecular weight excluding hydrogens is 675 g/mol. The van der Waals surface area contributed by atoms with Gasteiger partial charge in [-0.15, -0.1) is 0 Å². The minimum absolute atomic E-state index is 0.492. The van der Waals surface area contributed by atoms with Crippen molar-refractivity contribution in [1.29, 1.82) is 0 Å². The zero-order chi connectivity index (χ0) is 36.8. The Morgan fingerprint density at radius 2 is 0.679 bits per heavy atom. The van der Waals surface area contributed by atoms with Crippen LogP contribution in [0.25, 0.3) is 65.7 Å². The van der Waals surface area contributed by atoms with Gasteiger partial charge in [0.1, 0.15) is 0 Å². The molecule has 10 aromatic carbocycles. The lowest BCUT2D eigenvalue weighted by Gasteiger charge is -2.32. The summed E-state index contributed by atoms with van der Waals surface area (Å²) < 4.78 is 0. The Kier molecular flexibility index (Phi) is 6.62. The number of benzene rings is 10. The van der Waals surface area contributed by atoms with Gasteiger partial charge in [-0.2, -0.15) is 0 Å². The van der Waals surface area contributed by atoms with Crippen LogP contribution in [0.2, 0.25) is 0 Å². The van der Waals surface area contributed by atoms with E-state index in [4.69, 9.17) is 0 Å². The quantitative estimate of drug-likeness (QED) is 0.164. The summed E-state index contributed by atoms with van der Waals surface area (Å²) in [4.78, 5) is 2.41. The van der Waals surface area contributed by atoms with E-state index in [-0.39, 0.29) is 0 Å². The molecule has 0 heterocycles. The second kappa shape index (κ2) is 11.9. The second-order valence-electron chi connectivity index (χ2n) is 15.2. The lowest BCUT2D eigenvalue weighted by Crippen LogP contribution is -2.26. The Morgan fingerprint density at radius 1 is 0.250 bits per heavy atom. The van der Waals surface area contributed by atoms with E-state index in [9.17, 15) is 0 Å². The average molecular weight is 710 g/mol. The SMILES string of the molecule is c1ccc(-c2ccc(N(c3ccccc3)c3ccc4c(c3)C3(c5ccccc5-4)c4ccccc4-c4cc5c6ccccc6c6ccccc6c5cc43)cc2)cc1. The highest BCUT2D eigenvalue weighted by Crippen LogP contribution is 2.64. The van der Waals surface area contributed by atoms with Crippen molar-refractivity contribution in [3.8, 4) is 33.4 Å². The van der Waals surface area contributed by atoms with Crippen LogP contribution in [0.1, 0.15) is 22.3 Å². The van der Waals surface area contributed by atoms with Gasteiger partial charge in [0.2, 0.25) is 0 Å². The molecule has 0 N–H and O–H groups in total. The molecule has 2 aliphatic rings. The number of rotatable bonds is 4. The molecule has 1 nitrogen and oxygen atoms in total. The highest BCUT2D eigenvalue weighted by atomic mass is 15.1. The molecule has 1 spiro atoms. The van der Waals surface area contributed by atoms with Crippen molar-refractivity contribution in [2.75, 3.05) is 4.90 Å². The summed E-state index contributed by atoms with van der Waals surface area (Å²) in [5, 5.41) is 7.80. The third-order valence-electron chi connectivity index (χ3n) is 12.4. The monoisotopic (exact) mass is 709 g/mol. The summed E-state index contributed by atoms with van der Waals surface area (Å²) in [6, 6.07) is 78.8. The first kappa shape index (κ1) is 31.2. The number of para-hydroxylation sites is 1. The molecule has 0 fully saturated rings. The Hall–Kier alpha value is -7.22. The van der Waals surface area contributed by atoms with Crippen LogP contribution in [-0.4, -0.2) is 0 Å². The Labute approximate surface area is 326 Å². The van der Waals surface area contributed by atoms with E-state index in [1.807, 2.05) is 0 Å². The summed E-state index contributed by atoms with van der Waals surface area (Å²) in [7, 11) is 0. The first-order valence-electron chi connectivity index (χ1n) is 19.5.